The fourth-order valence-corrected chi connectivity index (χ4v) is 6.22. The van der Waals surface area contributed by atoms with E-state index < -0.39 is 27.6 Å². The van der Waals surface area contributed by atoms with Crippen molar-refractivity contribution in [2.75, 3.05) is 31.6 Å². The lowest BCUT2D eigenvalue weighted by molar-refractivity contribution is -0.148. The van der Waals surface area contributed by atoms with Crippen LogP contribution in [0.2, 0.25) is 0 Å². The highest BCUT2D eigenvalue weighted by Gasteiger charge is 2.51. The number of sulfonamides is 1. The second-order valence-electron chi connectivity index (χ2n) is 8.75. The first-order valence-corrected chi connectivity index (χ1v) is 12.5. The third-order valence-electron chi connectivity index (χ3n) is 6.38. The van der Waals surface area contributed by atoms with Gasteiger partial charge in [0.05, 0.1) is 11.5 Å². The van der Waals surface area contributed by atoms with Crippen molar-refractivity contribution in [3.8, 4) is 0 Å². The topological polar surface area (TPSA) is 96.0 Å². The van der Waals surface area contributed by atoms with Crippen LogP contribution in [0, 0.1) is 20.8 Å². The number of nitrogens with one attached hydrogen (secondary N) is 1. The van der Waals surface area contributed by atoms with Gasteiger partial charge in [-0.15, -0.1) is 0 Å². The summed E-state index contributed by atoms with van der Waals surface area (Å²) in [6, 6.07) is 12.3. The highest BCUT2D eigenvalue weighted by Crippen LogP contribution is 2.38. The van der Waals surface area contributed by atoms with Gasteiger partial charge >= 0.3 is 11.8 Å². The Morgan fingerprint density at radius 3 is 2.21 bits per heavy atom. The number of nitrogens with zero attached hydrogens (tertiary/aromatic N) is 2. The van der Waals surface area contributed by atoms with Gasteiger partial charge in [-0.3, -0.25) is 9.59 Å². The number of hydrogen-bond acceptors (Lipinski definition) is 5. The van der Waals surface area contributed by atoms with Crippen molar-refractivity contribution in [1.29, 1.82) is 0 Å². The van der Waals surface area contributed by atoms with Crippen molar-refractivity contribution < 1.29 is 22.7 Å². The molecule has 2 aromatic carbocycles. The summed E-state index contributed by atoms with van der Waals surface area (Å²) in [5.74, 6) is -1.33. The number of piperidine rings is 1. The fourth-order valence-electron chi connectivity index (χ4n) is 4.50. The molecule has 0 unspecified atom stereocenters. The predicted octanol–water partition coefficient (Wildman–Crippen LogP) is 2.59. The Bertz CT molecular complexity index is 1170. The normalized spacial score (nSPS) is 18.5. The van der Waals surface area contributed by atoms with Gasteiger partial charge in [-0.2, -0.15) is 4.31 Å². The third-order valence-corrected chi connectivity index (χ3v) is 8.35. The van der Waals surface area contributed by atoms with Crippen LogP contribution in [0.15, 0.2) is 47.4 Å². The molecule has 2 saturated heterocycles. The number of benzene rings is 2. The summed E-state index contributed by atoms with van der Waals surface area (Å²) in [5, 5.41) is 2.69. The molecule has 176 valence electrons. The van der Waals surface area contributed by atoms with Crippen LogP contribution in [0.4, 0.5) is 5.69 Å². The number of rotatable bonds is 3. The van der Waals surface area contributed by atoms with Crippen LogP contribution in [-0.2, 0) is 24.3 Å². The van der Waals surface area contributed by atoms with Gasteiger partial charge < -0.3 is 15.0 Å². The van der Waals surface area contributed by atoms with Gasteiger partial charge in [-0.1, -0.05) is 35.4 Å². The van der Waals surface area contributed by atoms with E-state index in [1.54, 1.807) is 30.3 Å². The maximum atomic E-state index is 13.3. The Balaban J connectivity index is 1.44. The van der Waals surface area contributed by atoms with E-state index in [0.29, 0.717) is 25.1 Å². The first-order chi connectivity index (χ1) is 15.6. The van der Waals surface area contributed by atoms with Gasteiger partial charge in [0.1, 0.15) is 5.72 Å². The number of hydrogen-bond donors (Lipinski definition) is 1. The molecule has 9 heteroatoms. The summed E-state index contributed by atoms with van der Waals surface area (Å²) < 4.78 is 34.0. The summed E-state index contributed by atoms with van der Waals surface area (Å²) in [7, 11) is -3.74. The summed E-state index contributed by atoms with van der Waals surface area (Å²) in [6.07, 6.45) is 0.612. The average molecular weight is 472 g/mol. The van der Waals surface area contributed by atoms with Crippen molar-refractivity contribution >= 4 is 27.5 Å². The molecule has 2 heterocycles. The molecule has 0 atom stereocenters. The minimum atomic E-state index is -3.74. The van der Waals surface area contributed by atoms with Crippen LogP contribution < -0.4 is 5.32 Å². The van der Waals surface area contributed by atoms with E-state index in [0.717, 1.165) is 16.7 Å². The Kier molecular flexibility index (Phi) is 6.30. The SMILES string of the molecule is Cc1ccc(S(=O)(=O)N2CCOC23CCN(C(=O)C(=O)Nc2ccc(C)cc2C)CC3)cc1. The smallest absolute Gasteiger partial charge is 0.313 e. The Hall–Kier alpha value is -2.75. The van der Waals surface area contributed by atoms with E-state index in [9.17, 15) is 18.0 Å². The van der Waals surface area contributed by atoms with Gasteiger partial charge in [0, 0.05) is 38.2 Å². The van der Waals surface area contributed by atoms with Crippen LogP contribution in [0.1, 0.15) is 29.5 Å². The van der Waals surface area contributed by atoms with E-state index in [4.69, 9.17) is 4.74 Å². The van der Waals surface area contributed by atoms with Crippen molar-refractivity contribution in [1.82, 2.24) is 9.21 Å². The molecule has 0 bridgehead atoms. The van der Waals surface area contributed by atoms with E-state index in [-0.39, 0.29) is 24.5 Å². The first-order valence-electron chi connectivity index (χ1n) is 11.0. The molecule has 8 nitrogen and oxygen atoms in total. The Labute approximate surface area is 194 Å². The molecule has 0 saturated carbocycles. The van der Waals surface area contributed by atoms with Gasteiger partial charge in [-0.05, 0) is 44.5 Å². The van der Waals surface area contributed by atoms with Crippen LogP contribution in [0.3, 0.4) is 0 Å². The number of amides is 2. The highest BCUT2D eigenvalue weighted by atomic mass is 32.2. The molecule has 2 aliphatic heterocycles. The second kappa shape index (κ2) is 8.89. The molecule has 1 N–H and O–H groups in total. The Morgan fingerprint density at radius 2 is 1.58 bits per heavy atom. The lowest BCUT2D eigenvalue weighted by Crippen LogP contribution is -2.56. The van der Waals surface area contributed by atoms with Gasteiger partial charge in [-0.25, -0.2) is 8.42 Å². The van der Waals surface area contributed by atoms with Gasteiger partial charge in [0.25, 0.3) is 0 Å². The summed E-state index contributed by atoms with van der Waals surface area (Å²) in [5.41, 5.74) is 2.53. The lowest BCUT2D eigenvalue weighted by Gasteiger charge is -2.42. The number of aryl methyl sites for hydroxylation is 3. The number of carbonyl (C=O) groups is 2. The molecular weight excluding hydrogens is 442 g/mol. The zero-order valence-corrected chi connectivity index (χ0v) is 19.9. The molecule has 2 amide bonds. The van der Waals surface area contributed by atoms with Gasteiger partial charge in [0.15, 0.2) is 0 Å². The fraction of sp³-hybridized carbons (Fsp3) is 0.417. The van der Waals surface area contributed by atoms with E-state index in [2.05, 4.69) is 5.32 Å². The summed E-state index contributed by atoms with van der Waals surface area (Å²) >= 11 is 0. The minimum absolute atomic E-state index is 0.226. The zero-order valence-electron chi connectivity index (χ0n) is 19.1. The molecule has 33 heavy (non-hydrogen) atoms. The second-order valence-corrected chi connectivity index (χ2v) is 10.6. The van der Waals surface area contributed by atoms with E-state index in [1.165, 1.54) is 9.21 Å². The molecule has 2 fully saturated rings. The standard InChI is InChI=1S/C24H29N3O5S/c1-17-4-7-20(8-5-17)33(30,31)27-14-15-32-24(27)10-12-26(13-11-24)23(29)22(28)25-21-9-6-18(2)16-19(21)3/h4-9,16H,10-15H2,1-3H3,(H,25,28). The van der Waals surface area contributed by atoms with Crippen LogP contribution in [-0.4, -0.2) is 61.4 Å². The molecule has 0 aliphatic carbocycles. The number of likely N-dealkylation sites (tertiary alicyclic amines) is 1. The van der Waals surface area contributed by atoms with E-state index >= 15 is 0 Å². The molecule has 2 aliphatic rings. The van der Waals surface area contributed by atoms with E-state index in [1.807, 2.05) is 32.9 Å². The minimum Gasteiger partial charge on any atom is -0.358 e. The summed E-state index contributed by atoms with van der Waals surface area (Å²) in [6.45, 7) is 6.76. The maximum absolute atomic E-state index is 13.3. The van der Waals surface area contributed by atoms with Crippen molar-refractivity contribution in [2.45, 2.75) is 44.2 Å². The largest absolute Gasteiger partial charge is 0.358 e. The molecule has 0 aromatic heterocycles. The van der Waals surface area contributed by atoms with Crippen LogP contribution in [0.5, 0.6) is 0 Å². The average Bonchev–Trinajstić information content (AvgIpc) is 3.20. The zero-order chi connectivity index (χ0) is 23.8. The molecule has 0 radical (unpaired) electrons. The Morgan fingerprint density at radius 1 is 0.939 bits per heavy atom. The third kappa shape index (κ3) is 4.53. The lowest BCUT2D eigenvalue weighted by atomic mass is 10.0. The first kappa shape index (κ1) is 23.4. The molecule has 2 aromatic rings. The number of carbonyl (C=O) groups excluding carboxylic acids is 2. The monoisotopic (exact) mass is 471 g/mol. The van der Waals surface area contributed by atoms with Gasteiger partial charge in [0.2, 0.25) is 10.0 Å². The van der Waals surface area contributed by atoms with Crippen LogP contribution >= 0.6 is 0 Å². The van der Waals surface area contributed by atoms with Crippen molar-refractivity contribution in [3.05, 3.63) is 59.2 Å². The number of anilines is 1. The quantitative estimate of drug-likeness (QED) is 0.695. The summed E-state index contributed by atoms with van der Waals surface area (Å²) in [4.78, 5) is 27.0. The predicted molar refractivity (Wildman–Crippen MR) is 124 cm³/mol. The van der Waals surface area contributed by atoms with Crippen molar-refractivity contribution in [2.24, 2.45) is 0 Å². The van der Waals surface area contributed by atoms with Crippen molar-refractivity contribution in [3.63, 3.8) is 0 Å². The highest BCUT2D eigenvalue weighted by molar-refractivity contribution is 7.89. The molecule has 1 spiro atoms. The molecule has 4 rings (SSSR count). The number of ether oxygens (including phenoxy) is 1. The maximum Gasteiger partial charge on any atom is 0.313 e. The van der Waals surface area contributed by atoms with Crippen LogP contribution in [0.25, 0.3) is 0 Å². The molecular formula is C24H29N3O5S.